The number of aliphatic hydroxyl groups is 1. The van der Waals surface area contributed by atoms with E-state index >= 15 is 0 Å². The third-order valence-electron chi connectivity index (χ3n) is 23.1. The minimum Gasteiger partial charge on any atom is -0.790 e. The lowest BCUT2D eigenvalue weighted by Gasteiger charge is -2.34. The van der Waals surface area contributed by atoms with Gasteiger partial charge in [-0.2, -0.15) is 0 Å². The summed E-state index contributed by atoms with van der Waals surface area (Å²) in [5.41, 5.74) is -6.34. The number of ether oxygens (including phenoxy) is 7. The Morgan fingerprint density at radius 3 is 0.725 bits per heavy atom. The van der Waals surface area contributed by atoms with Gasteiger partial charge in [-0.05, 0) is 41.5 Å². The third-order valence-corrected chi connectivity index (χ3v) is 29.6. The van der Waals surface area contributed by atoms with Gasteiger partial charge in [-0.3, -0.25) is 118 Å². The molecule has 72 heteroatoms. The molecule has 8 aromatic rings. The van der Waals surface area contributed by atoms with E-state index in [-0.39, 0.29) is 50.4 Å². The molecule has 27 unspecified atom stereocenters. The summed E-state index contributed by atoms with van der Waals surface area (Å²) in [7, 11) is -41.6. The molecular weight excluding hydrogens is 2060 g/mol. The average molecular weight is 2150 g/mol. The van der Waals surface area contributed by atoms with Gasteiger partial charge < -0.3 is 147 Å². The summed E-state index contributed by atoms with van der Waals surface area (Å²) in [4.78, 5) is 286. The van der Waals surface area contributed by atoms with Crippen LogP contribution in [0.4, 0.5) is 5.82 Å². The molecule has 65 nitrogen and oxygen atoms in total. The molecule has 7 saturated heterocycles. The molecule has 8 aromatic heterocycles. The van der Waals surface area contributed by atoms with Crippen LogP contribution < -0.4 is 112 Å². The van der Waals surface area contributed by atoms with Crippen LogP contribution >= 0.6 is 54.8 Å². The number of aryl methyl sites for hydroxylation is 6. The van der Waals surface area contributed by atoms with Gasteiger partial charge in [-0.25, -0.2) is 43.7 Å². The first-order chi connectivity index (χ1) is 66.5. The SMILES string of the molecule is Cc1cn(C2CC(OP(=O)([O-])[O-])C(COP(=O)([O-])OC3CC(n4cc(C)c(=O)[nH]c4=O)OC3COP(=O)([O-])OC3CC(n4cc(C)c(=O)[nH]c4=O)OC3COP(=O)([O-])OC3CC(n4cnc5c(N)ncnc54)OC3COP(=O)([O-])OC3CC(n4cc(C)c(=O)[nH]c4=O)OC3COP(=O)([O-])OC3CC(n4cc(C)c(=O)[nH]c4=O)OC3COP(=O)([O-])OC3CC(n4cc(C)c(=O)[nH]c4=O)OC3CO)O2)c(=O)[nH]c1=O. The minimum atomic E-state index is -6.06. The number of aliphatic hydroxyl groups excluding tert-OH is 1. The molecule has 7 aliphatic rings. The first-order valence-electron chi connectivity index (χ1n) is 42.1. The number of phosphoric acid groups is 7. The summed E-state index contributed by atoms with van der Waals surface area (Å²) < 4.78 is 212. The monoisotopic (exact) mass is 2150 g/mol. The number of phosphoric ester groups is 7. The predicted octanol–water partition coefficient (Wildman–Crippen LogP) is -8.00. The van der Waals surface area contributed by atoms with Gasteiger partial charge in [0.25, 0.3) is 80.3 Å². The molecule has 0 bridgehead atoms. The van der Waals surface area contributed by atoms with E-state index in [9.17, 15) is 134 Å². The van der Waals surface area contributed by atoms with Gasteiger partial charge >= 0.3 is 34.1 Å². The number of fused-ring (bicyclic) bond motifs is 1. The molecule has 7 aliphatic heterocycles. The lowest BCUT2D eigenvalue weighted by Crippen LogP contribution is -2.35. The largest absolute Gasteiger partial charge is 0.790 e. The Bertz CT molecular complexity index is 7270. The molecule has 0 spiro atoms. The fraction of sp³-hybridized carbons (Fsp3) is 0.586. The van der Waals surface area contributed by atoms with Crippen LogP contribution in [0.15, 0.2) is 107 Å². The highest BCUT2D eigenvalue weighted by Gasteiger charge is 2.50. The van der Waals surface area contributed by atoms with Crippen LogP contribution in [0.5, 0.6) is 0 Å². The highest BCUT2D eigenvalue weighted by Crippen LogP contribution is 2.55. The Balaban J connectivity index is 0.636. The molecular formula is C70H84N17O48P7-8. The van der Waals surface area contributed by atoms with Crippen LogP contribution in [-0.4, -0.2) is 214 Å². The number of aromatic nitrogens is 16. The van der Waals surface area contributed by atoms with Crippen molar-refractivity contribution in [2.24, 2.45) is 0 Å². The quantitative estimate of drug-likeness (QED) is 0.0165. The molecule has 7 fully saturated rings. The van der Waals surface area contributed by atoms with E-state index < -0.39 is 342 Å². The van der Waals surface area contributed by atoms with Crippen LogP contribution in [0, 0.1) is 41.5 Å². The van der Waals surface area contributed by atoms with E-state index in [4.69, 9.17) is 93.2 Å². The number of nitrogens with zero attached hydrogens (tertiary/aromatic N) is 10. The van der Waals surface area contributed by atoms with E-state index in [0.29, 0.717) is 0 Å². The zero-order chi connectivity index (χ0) is 103. The topological polar surface area (TPSA) is 908 Å². The number of H-pyrrole nitrogens is 6. The second kappa shape index (κ2) is 42.4. The van der Waals surface area contributed by atoms with Crippen molar-refractivity contribution in [3.8, 4) is 0 Å². The Morgan fingerprint density at radius 2 is 0.514 bits per heavy atom. The lowest BCUT2D eigenvalue weighted by atomic mass is 10.2. The fourth-order valence-electron chi connectivity index (χ4n) is 16.2. The van der Waals surface area contributed by atoms with Gasteiger partial charge in [0.05, 0.1) is 103 Å². The first kappa shape index (κ1) is 107. The molecule has 0 radical (unpaired) electrons. The Labute approximate surface area is 789 Å². The van der Waals surface area contributed by atoms with Crippen molar-refractivity contribution in [2.45, 2.75) is 216 Å². The summed E-state index contributed by atoms with van der Waals surface area (Å²) in [6.07, 6.45) is -34.2. The number of anilines is 1. The van der Waals surface area contributed by atoms with Crippen molar-refractivity contribution in [3.63, 3.8) is 0 Å². The second-order valence-corrected chi connectivity index (χ2v) is 42.4. The molecule has 15 rings (SSSR count). The number of rotatable bonds is 40. The van der Waals surface area contributed by atoms with E-state index in [1.807, 2.05) is 24.9 Å². The molecule has 0 saturated carbocycles. The number of nitrogens with two attached hydrogens (primary N) is 1. The van der Waals surface area contributed by atoms with E-state index in [1.165, 1.54) is 46.1 Å². The zero-order valence-electron chi connectivity index (χ0n) is 74.0. The zero-order valence-corrected chi connectivity index (χ0v) is 80.2. The number of aromatic amines is 6. The molecule has 9 N–H and O–H groups in total. The minimum absolute atomic E-state index is 0.0445. The van der Waals surface area contributed by atoms with E-state index in [1.54, 1.807) is 0 Å². The number of nitrogen functional groups attached to an aromatic ring is 1. The number of hydrogen-bond acceptors (Lipinski definition) is 52. The third kappa shape index (κ3) is 25.4. The van der Waals surface area contributed by atoms with Gasteiger partial charge in [0.2, 0.25) is 0 Å². The van der Waals surface area contributed by atoms with E-state index in [2.05, 4.69) is 24.5 Å². The summed E-state index contributed by atoms with van der Waals surface area (Å²) >= 11 is 0. The molecule has 27 atom stereocenters. The summed E-state index contributed by atoms with van der Waals surface area (Å²) in [6.45, 7) is -1.05. The van der Waals surface area contributed by atoms with Crippen LogP contribution in [0.1, 0.15) is 122 Å². The number of hydrogen-bond donors (Lipinski definition) is 8. The smallest absolute Gasteiger partial charge is 0.330 e. The molecule has 0 aliphatic carbocycles. The Hall–Kier alpha value is -9.12. The van der Waals surface area contributed by atoms with Crippen molar-refractivity contribution in [1.82, 2.24) is 76.8 Å². The van der Waals surface area contributed by atoms with Crippen molar-refractivity contribution in [2.75, 3.05) is 52.0 Å². The van der Waals surface area contributed by atoms with Crippen LogP contribution in [0.25, 0.3) is 11.2 Å². The van der Waals surface area contributed by atoms with E-state index in [0.717, 1.165) is 77.2 Å². The van der Waals surface area contributed by atoms with Crippen LogP contribution in [-0.2, 0) is 124 Å². The average Bonchev–Trinajstić information content (AvgIpc) is 1.62. The van der Waals surface area contributed by atoms with Crippen LogP contribution in [0.2, 0.25) is 0 Å². The molecule has 15 heterocycles. The maximum Gasteiger partial charge on any atom is 0.330 e. The maximum atomic E-state index is 14.5. The maximum absolute atomic E-state index is 14.5. The predicted molar refractivity (Wildman–Crippen MR) is 446 cm³/mol. The highest BCUT2D eigenvalue weighted by atomic mass is 31.2. The standard InChI is InChI=1S/C70H92N17O48P7/c1-29-14-81(65(95)75-59(29)89)49-7-35(42(20-88)122-49)130-137(104,105)117-22-44-37(9-51(124-44)83-16-31(3)61(91)77-67(83)97)132-139(108,109)119-24-46-40(12-54(126-46)86-19-34(6)64(94)80-70(86)100)134-141(112,113)121-26-48-41(13-55(128-48)87-28-74-56-57(71)72-27-73-58(56)87)135-142(114,115)120-25-47-39(11-53(127-47)85-18-33(5)63(93)79-69(85)99)133-140(110,111)118-23-45-38(10-52(125-45)84-17-32(4)62(92)78-68(84)98)131-138(106,107)116-21-43-36(129-136(101,102)103)8-50(123-43)82-15-30(2)60(90)76-66(82)96/h14-19,27-28,35-55,88H,7-13,20-26H2,1-6H3,(H,104,105)(H,106,107)(H,108,109)(H,110,111)(H,112,113)(H,114,115)(H2,71,72,73)(H,75,89,95)(H,76,90,96)(H,77,91,97)(H,78,92,98)(H,79,93,99)(H,80,94,100)(H2,101,102,103)/p-8. The molecule has 0 aromatic carbocycles. The first-order valence-corrected chi connectivity index (χ1v) is 52.3. The van der Waals surface area contributed by atoms with Gasteiger partial charge in [0.1, 0.15) is 98.2 Å². The fourth-order valence-corrected chi connectivity index (χ4v) is 22.4. The Morgan fingerprint density at radius 1 is 0.317 bits per heavy atom. The summed E-state index contributed by atoms with van der Waals surface area (Å²) in [5.74, 6) is -0.182. The number of imidazole rings is 1. The van der Waals surface area contributed by atoms with Crippen molar-refractivity contribution in [1.29, 1.82) is 0 Å². The summed E-state index contributed by atoms with van der Waals surface area (Å²) in [5, 5.41) is 10.1. The number of nitrogens with one attached hydrogen (secondary N) is 6. The van der Waals surface area contributed by atoms with Gasteiger partial charge in [0, 0.05) is 116 Å². The van der Waals surface area contributed by atoms with Crippen molar-refractivity contribution < 1.29 is 168 Å². The lowest BCUT2D eigenvalue weighted by molar-refractivity contribution is -0.345. The highest BCUT2D eigenvalue weighted by molar-refractivity contribution is 7.47. The normalized spacial score (nSPS) is 29.5. The van der Waals surface area contributed by atoms with Gasteiger partial charge in [-0.1, -0.05) is 0 Å². The molecule has 142 heavy (non-hydrogen) atoms. The van der Waals surface area contributed by atoms with Crippen molar-refractivity contribution >= 4 is 71.7 Å². The van der Waals surface area contributed by atoms with Gasteiger partial charge in [0.15, 0.2) is 11.5 Å². The molecule has 780 valence electrons. The van der Waals surface area contributed by atoms with Crippen LogP contribution in [0.3, 0.4) is 0 Å². The second-order valence-electron chi connectivity index (χ2n) is 33.1. The molecule has 0 amide bonds. The van der Waals surface area contributed by atoms with Crippen molar-refractivity contribution in [3.05, 3.63) is 208 Å². The Kier molecular flexibility index (Phi) is 32.0. The van der Waals surface area contributed by atoms with Gasteiger partial charge in [-0.15, -0.1) is 0 Å². The summed E-state index contributed by atoms with van der Waals surface area (Å²) in [6, 6.07) is 0.